The Hall–Kier alpha value is -1.25. The van der Waals surface area contributed by atoms with Crippen molar-refractivity contribution >= 4 is 6.29 Å². The number of alkyl halides is 2. The summed E-state index contributed by atoms with van der Waals surface area (Å²) in [6, 6.07) is 6.76. The fourth-order valence-corrected chi connectivity index (χ4v) is 1.14. The van der Waals surface area contributed by atoms with Crippen LogP contribution in [0.5, 0.6) is 0 Å². The van der Waals surface area contributed by atoms with E-state index in [1.54, 1.807) is 18.2 Å². The van der Waals surface area contributed by atoms with Crippen molar-refractivity contribution in [3.05, 3.63) is 35.4 Å². The number of carbonyl (C=O) groups is 1. The second kappa shape index (κ2) is 3.64. The third kappa shape index (κ3) is 2.93. The van der Waals surface area contributed by atoms with Crippen LogP contribution in [0.3, 0.4) is 0 Å². The smallest absolute Gasteiger partial charge is 0.297 e. The third-order valence-corrected chi connectivity index (χ3v) is 1.69. The molecular weight excluding hydrogens is 174 g/mol. The molecule has 13 heavy (non-hydrogen) atoms. The lowest BCUT2D eigenvalue weighted by atomic mass is 10.1. The first-order valence-corrected chi connectivity index (χ1v) is 3.93. The van der Waals surface area contributed by atoms with Gasteiger partial charge in [-0.3, -0.25) is 4.79 Å². The van der Waals surface area contributed by atoms with Crippen molar-refractivity contribution in [3.8, 4) is 0 Å². The number of hydrogen-bond donors (Lipinski definition) is 0. The van der Waals surface area contributed by atoms with E-state index in [9.17, 15) is 13.6 Å². The van der Waals surface area contributed by atoms with Gasteiger partial charge in [0.1, 0.15) is 0 Å². The Morgan fingerprint density at radius 3 is 2.69 bits per heavy atom. The molecule has 0 radical (unpaired) electrons. The molecule has 0 amide bonds. The molecule has 3 heteroatoms. The summed E-state index contributed by atoms with van der Waals surface area (Å²) in [5.41, 5.74) is 1.40. The van der Waals surface area contributed by atoms with Crippen LogP contribution in [0.2, 0.25) is 0 Å². The second-order valence-electron chi connectivity index (χ2n) is 3.04. The zero-order valence-electron chi connectivity index (χ0n) is 7.26. The van der Waals surface area contributed by atoms with Gasteiger partial charge in [-0.1, -0.05) is 29.8 Å². The molecular formula is C10H10F2O. The van der Waals surface area contributed by atoms with Crippen LogP contribution in [0.1, 0.15) is 11.1 Å². The van der Waals surface area contributed by atoms with Gasteiger partial charge in [-0.05, 0) is 12.5 Å². The lowest BCUT2D eigenvalue weighted by molar-refractivity contribution is -0.128. The van der Waals surface area contributed by atoms with Crippen LogP contribution < -0.4 is 0 Å². The number of benzene rings is 1. The van der Waals surface area contributed by atoms with Gasteiger partial charge < -0.3 is 0 Å². The van der Waals surface area contributed by atoms with E-state index in [1.165, 1.54) is 0 Å². The summed E-state index contributed by atoms with van der Waals surface area (Å²) in [6.07, 6.45) is -0.826. The first-order chi connectivity index (χ1) is 6.03. The highest BCUT2D eigenvalue weighted by Gasteiger charge is 2.27. The van der Waals surface area contributed by atoms with Crippen molar-refractivity contribution < 1.29 is 13.6 Å². The number of aryl methyl sites for hydroxylation is 1. The number of halogens is 2. The van der Waals surface area contributed by atoms with Crippen molar-refractivity contribution in [3.63, 3.8) is 0 Å². The molecule has 1 nitrogen and oxygen atoms in total. The van der Waals surface area contributed by atoms with Gasteiger partial charge in [0.15, 0.2) is 6.29 Å². The molecule has 0 fully saturated rings. The predicted molar refractivity (Wildman–Crippen MR) is 45.9 cm³/mol. The Morgan fingerprint density at radius 2 is 2.15 bits per heavy atom. The largest absolute Gasteiger partial charge is 0.306 e. The van der Waals surface area contributed by atoms with E-state index in [0.717, 1.165) is 5.56 Å². The SMILES string of the molecule is Cc1cccc(CC(F)(F)C=O)c1. The fraction of sp³-hybridized carbons (Fsp3) is 0.300. The average molecular weight is 184 g/mol. The van der Waals surface area contributed by atoms with Gasteiger partial charge >= 0.3 is 5.92 Å². The maximum Gasteiger partial charge on any atom is 0.306 e. The molecule has 0 aliphatic heterocycles. The normalized spacial score (nSPS) is 11.3. The maximum absolute atomic E-state index is 12.6. The van der Waals surface area contributed by atoms with Crippen LogP contribution in [0.25, 0.3) is 0 Å². The van der Waals surface area contributed by atoms with Crippen molar-refractivity contribution in [2.24, 2.45) is 0 Å². The van der Waals surface area contributed by atoms with Crippen LogP contribution in [0.4, 0.5) is 8.78 Å². The monoisotopic (exact) mass is 184 g/mol. The summed E-state index contributed by atoms with van der Waals surface area (Å²) in [7, 11) is 0. The molecule has 0 saturated heterocycles. The average Bonchev–Trinajstić information content (AvgIpc) is 2.03. The summed E-state index contributed by atoms with van der Waals surface area (Å²) < 4.78 is 25.2. The summed E-state index contributed by atoms with van der Waals surface area (Å²) in [4.78, 5) is 9.97. The van der Waals surface area contributed by atoms with Gasteiger partial charge in [-0.25, -0.2) is 0 Å². The van der Waals surface area contributed by atoms with E-state index in [0.29, 0.717) is 5.56 Å². The molecule has 0 heterocycles. The van der Waals surface area contributed by atoms with Crippen LogP contribution in [-0.4, -0.2) is 12.2 Å². The van der Waals surface area contributed by atoms with E-state index >= 15 is 0 Å². The van der Waals surface area contributed by atoms with Crippen molar-refractivity contribution in [1.29, 1.82) is 0 Å². The molecule has 1 rings (SSSR count). The minimum atomic E-state index is -3.24. The fourth-order valence-electron chi connectivity index (χ4n) is 1.14. The molecule has 0 N–H and O–H groups in total. The molecule has 70 valence electrons. The summed E-state index contributed by atoms with van der Waals surface area (Å²) in [6.45, 7) is 1.82. The molecule has 0 spiro atoms. The summed E-state index contributed by atoms with van der Waals surface area (Å²) in [5, 5.41) is 0. The highest BCUT2D eigenvalue weighted by molar-refractivity contribution is 5.60. The minimum absolute atomic E-state index is 0.310. The standard InChI is InChI=1S/C10H10F2O/c1-8-3-2-4-9(5-8)6-10(11,12)7-13/h2-5,7H,6H2,1H3. The third-order valence-electron chi connectivity index (χ3n) is 1.69. The van der Waals surface area contributed by atoms with Crippen LogP contribution in [0.15, 0.2) is 24.3 Å². The number of carbonyl (C=O) groups excluding carboxylic acids is 1. The van der Waals surface area contributed by atoms with E-state index in [2.05, 4.69) is 0 Å². The molecule has 0 aliphatic rings. The maximum atomic E-state index is 12.6. The molecule has 1 aromatic carbocycles. The second-order valence-corrected chi connectivity index (χ2v) is 3.04. The zero-order valence-corrected chi connectivity index (χ0v) is 7.26. The lowest BCUT2D eigenvalue weighted by Crippen LogP contribution is -2.20. The van der Waals surface area contributed by atoms with Crippen molar-refractivity contribution in [2.45, 2.75) is 19.3 Å². The van der Waals surface area contributed by atoms with E-state index in [4.69, 9.17) is 0 Å². The van der Waals surface area contributed by atoms with Gasteiger partial charge in [0.25, 0.3) is 0 Å². The van der Waals surface area contributed by atoms with Crippen LogP contribution >= 0.6 is 0 Å². The van der Waals surface area contributed by atoms with Gasteiger partial charge in [-0.2, -0.15) is 8.78 Å². The Morgan fingerprint density at radius 1 is 1.46 bits per heavy atom. The van der Waals surface area contributed by atoms with E-state index in [-0.39, 0.29) is 6.29 Å². The summed E-state index contributed by atoms with van der Waals surface area (Å²) in [5.74, 6) is -3.24. The van der Waals surface area contributed by atoms with Gasteiger partial charge in [0.05, 0.1) is 0 Å². The molecule has 0 bridgehead atoms. The topological polar surface area (TPSA) is 17.1 Å². The first kappa shape index (κ1) is 9.84. The molecule has 0 unspecified atom stereocenters. The van der Waals surface area contributed by atoms with Crippen LogP contribution in [-0.2, 0) is 11.2 Å². The molecule has 1 aromatic rings. The molecule has 0 aromatic heterocycles. The van der Waals surface area contributed by atoms with E-state index < -0.39 is 12.3 Å². The Labute approximate surface area is 75.4 Å². The van der Waals surface area contributed by atoms with Gasteiger partial charge in [-0.15, -0.1) is 0 Å². The number of hydrogen-bond acceptors (Lipinski definition) is 1. The zero-order chi connectivity index (χ0) is 9.90. The molecule has 0 aliphatic carbocycles. The van der Waals surface area contributed by atoms with Gasteiger partial charge in [0.2, 0.25) is 0 Å². The highest BCUT2D eigenvalue weighted by Crippen LogP contribution is 2.17. The quantitative estimate of drug-likeness (QED) is 0.659. The number of aldehydes is 1. The molecule has 0 saturated carbocycles. The van der Waals surface area contributed by atoms with Gasteiger partial charge in [0, 0.05) is 6.42 Å². The number of rotatable bonds is 3. The molecule has 0 atom stereocenters. The van der Waals surface area contributed by atoms with E-state index in [1.807, 2.05) is 13.0 Å². The van der Waals surface area contributed by atoms with Crippen molar-refractivity contribution in [1.82, 2.24) is 0 Å². The first-order valence-electron chi connectivity index (χ1n) is 3.93. The Balaban J connectivity index is 2.80. The Kier molecular flexibility index (Phi) is 2.76. The lowest BCUT2D eigenvalue weighted by Gasteiger charge is -2.08. The predicted octanol–water partition coefficient (Wildman–Crippen LogP) is 2.37. The highest BCUT2D eigenvalue weighted by atomic mass is 19.3. The minimum Gasteiger partial charge on any atom is -0.297 e. The van der Waals surface area contributed by atoms with Crippen LogP contribution in [0, 0.1) is 6.92 Å². The summed E-state index contributed by atoms with van der Waals surface area (Å²) >= 11 is 0. The Bertz CT molecular complexity index is 308. The van der Waals surface area contributed by atoms with Crippen molar-refractivity contribution in [2.75, 3.05) is 0 Å².